The topological polar surface area (TPSA) is 84.9 Å². The maximum Gasteiger partial charge on any atom is 0.265 e. The van der Waals surface area contributed by atoms with E-state index in [0.717, 1.165) is 0 Å². The SMILES string of the molecule is CCc1noc2nc(-c3ccco3)[nH]c(=O)c12. The van der Waals surface area contributed by atoms with E-state index in [2.05, 4.69) is 15.1 Å². The molecule has 0 saturated heterocycles. The Bertz CT molecular complexity index is 709. The number of aromatic nitrogens is 3. The van der Waals surface area contributed by atoms with E-state index in [1.165, 1.54) is 6.26 Å². The highest BCUT2D eigenvalue weighted by Gasteiger charge is 2.15. The Kier molecular flexibility index (Phi) is 2.07. The normalized spacial score (nSPS) is 11.1. The van der Waals surface area contributed by atoms with Crippen LogP contribution in [0.3, 0.4) is 0 Å². The Morgan fingerprint density at radius 3 is 3.06 bits per heavy atom. The fourth-order valence-electron chi connectivity index (χ4n) is 1.69. The van der Waals surface area contributed by atoms with Crippen LogP contribution in [0.25, 0.3) is 22.7 Å². The molecule has 0 unspecified atom stereocenters. The van der Waals surface area contributed by atoms with Crippen molar-refractivity contribution in [3.8, 4) is 11.6 Å². The van der Waals surface area contributed by atoms with Crippen LogP contribution >= 0.6 is 0 Å². The first-order chi connectivity index (χ1) is 8.29. The van der Waals surface area contributed by atoms with E-state index < -0.39 is 0 Å². The second kappa shape index (κ2) is 3.58. The molecule has 0 atom stereocenters. The Morgan fingerprint density at radius 1 is 1.47 bits per heavy atom. The first-order valence-electron chi connectivity index (χ1n) is 5.22. The van der Waals surface area contributed by atoms with Crippen LogP contribution in [0.2, 0.25) is 0 Å². The number of rotatable bonds is 2. The van der Waals surface area contributed by atoms with E-state index >= 15 is 0 Å². The van der Waals surface area contributed by atoms with E-state index in [0.29, 0.717) is 29.1 Å². The average Bonchev–Trinajstić information content (AvgIpc) is 2.97. The number of aryl methyl sites for hydroxylation is 1. The van der Waals surface area contributed by atoms with Crippen molar-refractivity contribution in [1.82, 2.24) is 15.1 Å². The van der Waals surface area contributed by atoms with Gasteiger partial charge >= 0.3 is 0 Å². The summed E-state index contributed by atoms with van der Waals surface area (Å²) in [6.45, 7) is 1.90. The molecule has 0 spiro atoms. The van der Waals surface area contributed by atoms with Gasteiger partial charge in [0.1, 0.15) is 5.39 Å². The fourth-order valence-corrected chi connectivity index (χ4v) is 1.69. The number of nitrogens with zero attached hydrogens (tertiary/aromatic N) is 2. The monoisotopic (exact) mass is 231 g/mol. The van der Waals surface area contributed by atoms with Gasteiger partial charge < -0.3 is 13.9 Å². The molecule has 0 radical (unpaired) electrons. The summed E-state index contributed by atoms with van der Waals surface area (Å²) in [6.07, 6.45) is 2.13. The summed E-state index contributed by atoms with van der Waals surface area (Å²) in [5.41, 5.74) is 0.580. The Hall–Kier alpha value is -2.37. The van der Waals surface area contributed by atoms with Gasteiger partial charge in [-0.3, -0.25) is 4.79 Å². The molecule has 0 amide bonds. The lowest BCUT2D eigenvalue weighted by Crippen LogP contribution is -2.09. The lowest BCUT2D eigenvalue weighted by Gasteiger charge is -1.95. The molecule has 0 aliphatic heterocycles. The molecule has 1 N–H and O–H groups in total. The van der Waals surface area contributed by atoms with Crippen LogP contribution in [0, 0.1) is 0 Å². The molecule has 6 heteroatoms. The highest BCUT2D eigenvalue weighted by molar-refractivity contribution is 5.76. The smallest absolute Gasteiger partial charge is 0.265 e. The first-order valence-corrected chi connectivity index (χ1v) is 5.22. The minimum Gasteiger partial charge on any atom is -0.461 e. The molecule has 3 aromatic rings. The molecule has 6 nitrogen and oxygen atoms in total. The van der Waals surface area contributed by atoms with Gasteiger partial charge in [0.15, 0.2) is 11.6 Å². The van der Waals surface area contributed by atoms with Crippen LogP contribution in [0.5, 0.6) is 0 Å². The lowest BCUT2D eigenvalue weighted by molar-refractivity contribution is 0.439. The van der Waals surface area contributed by atoms with Crippen molar-refractivity contribution in [2.75, 3.05) is 0 Å². The van der Waals surface area contributed by atoms with Crippen LogP contribution < -0.4 is 5.56 Å². The molecule has 0 aromatic carbocycles. The van der Waals surface area contributed by atoms with E-state index in [1.54, 1.807) is 12.1 Å². The summed E-state index contributed by atoms with van der Waals surface area (Å²) in [5, 5.41) is 4.21. The Morgan fingerprint density at radius 2 is 2.35 bits per heavy atom. The largest absolute Gasteiger partial charge is 0.461 e. The van der Waals surface area contributed by atoms with Crippen molar-refractivity contribution in [1.29, 1.82) is 0 Å². The molecule has 0 saturated carbocycles. The maximum absolute atomic E-state index is 11.9. The van der Waals surface area contributed by atoms with Crippen molar-refractivity contribution >= 4 is 11.1 Å². The third-order valence-electron chi connectivity index (χ3n) is 2.51. The minimum absolute atomic E-state index is 0.233. The van der Waals surface area contributed by atoms with E-state index in [4.69, 9.17) is 8.94 Å². The van der Waals surface area contributed by atoms with Gasteiger partial charge in [-0.05, 0) is 18.6 Å². The molecule has 0 fully saturated rings. The molecule has 0 bridgehead atoms. The van der Waals surface area contributed by atoms with Gasteiger partial charge in [0.2, 0.25) is 0 Å². The van der Waals surface area contributed by atoms with Gasteiger partial charge in [-0.1, -0.05) is 12.1 Å². The summed E-state index contributed by atoms with van der Waals surface area (Å²) in [5.74, 6) is 0.824. The van der Waals surface area contributed by atoms with Crippen LogP contribution in [0.4, 0.5) is 0 Å². The summed E-state index contributed by atoms with van der Waals surface area (Å²) in [6, 6.07) is 3.43. The number of furan rings is 1. The molecule has 3 rings (SSSR count). The summed E-state index contributed by atoms with van der Waals surface area (Å²) >= 11 is 0. The number of aromatic amines is 1. The third-order valence-corrected chi connectivity index (χ3v) is 2.51. The average molecular weight is 231 g/mol. The molecule has 0 aliphatic carbocycles. The van der Waals surface area contributed by atoms with E-state index in [9.17, 15) is 4.79 Å². The fraction of sp³-hybridized carbons (Fsp3) is 0.182. The van der Waals surface area contributed by atoms with Gasteiger partial charge in [-0.2, -0.15) is 4.98 Å². The highest BCUT2D eigenvalue weighted by atomic mass is 16.5. The summed E-state index contributed by atoms with van der Waals surface area (Å²) in [4.78, 5) is 18.7. The quantitative estimate of drug-likeness (QED) is 0.725. The van der Waals surface area contributed by atoms with Crippen LogP contribution in [-0.4, -0.2) is 15.1 Å². The number of hydrogen-bond donors (Lipinski definition) is 1. The van der Waals surface area contributed by atoms with Crippen molar-refractivity contribution in [2.24, 2.45) is 0 Å². The van der Waals surface area contributed by atoms with Gasteiger partial charge in [0, 0.05) is 0 Å². The van der Waals surface area contributed by atoms with Gasteiger partial charge in [-0.15, -0.1) is 0 Å². The summed E-state index contributed by atoms with van der Waals surface area (Å²) < 4.78 is 10.2. The van der Waals surface area contributed by atoms with Crippen molar-refractivity contribution in [3.05, 3.63) is 34.4 Å². The van der Waals surface area contributed by atoms with E-state index in [-0.39, 0.29) is 11.3 Å². The number of hydrogen-bond acceptors (Lipinski definition) is 5. The number of H-pyrrole nitrogens is 1. The lowest BCUT2D eigenvalue weighted by atomic mass is 10.2. The maximum atomic E-state index is 11.9. The van der Waals surface area contributed by atoms with Gasteiger partial charge in [0.05, 0.1) is 12.0 Å². The van der Waals surface area contributed by atoms with Crippen LogP contribution in [-0.2, 0) is 6.42 Å². The van der Waals surface area contributed by atoms with Crippen LogP contribution in [0.1, 0.15) is 12.6 Å². The molecule has 86 valence electrons. The highest BCUT2D eigenvalue weighted by Crippen LogP contribution is 2.18. The van der Waals surface area contributed by atoms with E-state index in [1.807, 2.05) is 6.92 Å². The molecular weight excluding hydrogens is 222 g/mol. The second-order valence-corrected chi connectivity index (χ2v) is 3.55. The zero-order valence-electron chi connectivity index (χ0n) is 9.06. The second-order valence-electron chi connectivity index (χ2n) is 3.55. The van der Waals surface area contributed by atoms with Gasteiger partial charge in [0.25, 0.3) is 11.3 Å². The molecular formula is C11H9N3O3. The standard InChI is InChI=1S/C11H9N3O3/c1-2-6-8-10(15)12-9(7-4-3-5-16-7)13-11(8)17-14-6/h3-5H,2H2,1H3,(H,12,13,15). The zero-order chi connectivity index (χ0) is 11.8. The van der Waals surface area contributed by atoms with Crippen molar-refractivity contribution < 1.29 is 8.94 Å². The molecule has 3 heterocycles. The van der Waals surface area contributed by atoms with Gasteiger partial charge in [-0.25, -0.2) is 0 Å². The third kappa shape index (κ3) is 1.45. The Balaban J connectivity index is 2.29. The molecule has 3 aromatic heterocycles. The number of nitrogens with one attached hydrogen (secondary N) is 1. The number of fused-ring (bicyclic) bond motifs is 1. The predicted molar refractivity (Wildman–Crippen MR) is 59.5 cm³/mol. The zero-order valence-corrected chi connectivity index (χ0v) is 9.06. The molecule has 17 heavy (non-hydrogen) atoms. The predicted octanol–water partition coefficient (Wildman–Crippen LogP) is 1.73. The minimum atomic E-state index is -0.264. The van der Waals surface area contributed by atoms with Crippen molar-refractivity contribution in [2.45, 2.75) is 13.3 Å². The first kappa shape index (κ1) is 9.83. The molecule has 0 aliphatic rings. The van der Waals surface area contributed by atoms with Crippen molar-refractivity contribution in [3.63, 3.8) is 0 Å². The van der Waals surface area contributed by atoms with Crippen LogP contribution in [0.15, 0.2) is 32.1 Å². The Labute approximate surface area is 95.3 Å². The summed E-state index contributed by atoms with van der Waals surface area (Å²) in [7, 11) is 0.